The molecule has 23 nitrogen and oxygen atoms in total. The monoisotopic (exact) mass is 1000 g/mol. The number of nitrogens with one attached hydrogen (secondary N) is 2. The molecular weight excluding hydrogens is 965 g/mol. The number of aryl methyl sites for hydroxylation is 2. The first-order chi connectivity index (χ1) is 32.5. The molecule has 0 aromatic heterocycles. The van der Waals surface area contributed by atoms with Crippen molar-refractivity contribution in [2.45, 2.75) is 30.1 Å². The van der Waals surface area contributed by atoms with Crippen LogP contribution in [0.25, 0.3) is 10.8 Å². The molecule has 6 rings (SSSR count). The number of methoxy groups -OCH3 is 2. The molecule has 6 N–H and O–H groups in total. The van der Waals surface area contributed by atoms with Crippen LogP contribution in [0, 0.1) is 13.8 Å². The maximum Gasteiger partial charge on any atom is 0.335 e. The van der Waals surface area contributed by atoms with Gasteiger partial charge in [-0.1, -0.05) is 6.07 Å². The summed E-state index contributed by atoms with van der Waals surface area (Å²) < 4.78 is 116. The summed E-state index contributed by atoms with van der Waals surface area (Å²) in [6.45, 7) is 3.22. The number of ether oxygens (including phenoxy) is 3. The lowest BCUT2D eigenvalue weighted by atomic mass is 10.1. The lowest BCUT2D eigenvalue weighted by molar-refractivity contribution is 0.0696. The first kappa shape index (κ1) is 50.7. The van der Waals surface area contributed by atoms with Crippen molar-refractivity contribution in [1.82, 2.24) is 0 Å². The van der Waals surface area contributed by atoms with E-state index in [2.05, 4.69) is 41.3 Å². The minimum atomic E-state index is -4.94. The third-order valence-electron chi connectivity index (χ3n) is 9.66. The lowest BCUT2D eigenvalue weighted by Crippen LogP contribution is -2.20. The van der Waals surface area contributed by atoms with Crippen molar-refractivity contribution in [3.05, 3.63) is 114 Å². The molecule has 69 heavy (non-hydrogen) atoms. The number of carboxylic acid groups (broad SMARTS) is 1. The normalized spacial score (nSPS) is 12.2. The van der Waals surface area contributed by atoms with Gasteiger partial charge in [-0.15, -0.1) is 5.11 Å². The number of nitrogens with zero attached hydrogens (tertiary/aromatic N) is 6. The van der Waals surface area contributed by atoms with E-state index in [-0.39, 0.29) is 80.7 Å². The summed E-state index contributed by atoms with van der Waals surface area (Å²) in [5, 5.41) is 39.9. The zero-order chi connectivity index (χ0) is 50.3. The van der Waals surface area contributed by atoms with E-state index < -0.39 is 57.9 Å². The van der Waals surface area contributed by atoms with E-state index in [1.807, 2.05) is 0 Å². The number of hydrogen-bond donors (Lipinski definition) is 6. The second kappa shape index (κ2) is 21.0. The van der Waals surface area contributed by atoms with Crippen molar-refractivity contribution in [3.63, 3.8) is 0 Å². The highest BCUT2D eigenvalue weighted by atomic mass is 32.2. The van der Waals surface area contributed by atoms with Gasteiger partial charge < -0.3 is 30.0 Å². The predicted octanol–water partition coefficient (Wildman–Crippen LogP) is 10.2. The molecule has 0 saturated carbocycles. The second-order valence-corrected chi connectivity index (χ2v) is 19.0. The molecule has 6 aromatic carbocycles. The maximum atomic E-state index is 13.5. The number of rotatable bonds is 18. The number of anilines is 2. The first-order valence-corrected chi connectivity index (χ1v) is 24.3. The van der Waals surface area contributed by atoms with Crippen LogP contribution in [0.15, 0.2) is 138 Å². The number of amides is 2. The van der Waals surface area contributed by atoms with Gasteiger partial charge in [-0.2, -0.15) is 50.8 Å². The summed E-state index contributed by atoms with van der Waals surface area (Å²) in [5.74, 6) is -1.18. The van der Waals surface area contributed by atoms with Crippen molar-refractivity contribution in [2.24, 2.45) is 30.7 Å². The minimum Gasteiger partial charge on any atom is -0.494 e. The van der Waals surface area contributed by atoms with Crippen LogP contribution in [0.1, 0.15) is 27.9 Å². The van der Waals surface area contributed by atoms with Crippen LogP contribution >= 0.6 is 0 Å². The molecule has 0 aliphatic heterocycles. The Balaban J connectivity index is 1.22. The van der Waals surface area contributed by atoms with Gasteiger partial charge in [-0.3, -0.25) is 13.7 Å². The number of aromatic carboxylic acids is 1. The van der Waals surface area contributed by atoms with Gasteiger partial charge in [-0.05, 0) is 110 Å². The highest BCUT2D eigenvalue weighted by Gasteiger charge is 2.21. The molecular formula is C43H40N8O15S3. The summed E-state index contributed by atoms with van der Waals surface area (Å²) in [7, 11) is -11.3. The van der Waals surface area contributed by atoms with Crippen LogP contribution in [0.2, 0.25) is 0 Å². The van der Waals surface area contributed by atoms with Gasteiger partial charge in [0.2, 0.25) is 0 Å². The van der Waals surface area contributed by atoms with E-state index in [1.54, 1.807) is 32.0 Å². The van der Waals surface area contributed by atoms with Gasteiger partial charge in [0.05, 0.1) is 76.8 Å². The maximum absolute atomic E-state index is 13.5. The molecule has 0 heterocycles. The largest absolute Gasteiger partial charge is 0.494 e. The molecule has 6 aromatic rings. The Morgan fingerprint density at radius 1 is 0.580 bits per heavy atom. The van der Waals surface area contributed by atoms with Gasteiger partial charge >= 0.3 is 12.0 Å². The number of hydrogen-bond acceptors (Lipinski definition) is 17. The molecule has 0 atom stereocenters. The zero-order valence-corrected chi connectivity index (χ0v) is 39.0. The molecule has 0 aliphatic rings. The summed E-state index contributed by atoms with van der Waals surface area (Å²) in [5.41, 5.74) is 3.30. The Morgan fingerprint density at radius 3 is 1.70 bits per heavy atom. The van der Waals surface area contributed by atoms with Crippen LogP contribution in [-0.2, 0) is 30.4 Å². The van der Waals surface area contributed by atoms with Gasteiger partial charge in [-0.25, -0.2) is 9.59 Å². The molecule has 0 spiro atoms. The predicted molar refractivity (Wildman–Crippen MR) is 251 cm³/mol. The minimum absolute atomic E-state index is 0.0642. The molecule has 26 heteroatoms. The highest BCUT2D eigenvalue weighted by Crippen LogP contribution is 2.39. The summed E-state index contributed by atoms with van der Waals surface area (Å²) in [4.78, 5) is 23.1. The van der Waals surface area contributed by atoms with Crippen molar-refractivity contribution in [2.75, 3.05) is 37.2 Å². The quantitative estimate of drug-likeness (QED) is 0.0265. The lowest BCUT2D eigenvalue weighted by Gasteiger charge is -2.16. The van der Waals surface area contributed by atoms with Gasteiger partial charge in [0.25, 0.3) is 30.4 Å². The van der Waals surface area contributed by atoms with Crippen molar-refractivity contribution >= 4 is 98.6 Å². The SMILES string of the molecule is COc1cc(N=Nc2ccc3cc(S(=O)(=O)O)cc(S(=O)(=O)O)c3c2)ccc1N=Nc1cc(OCCCS(=O)(=O)O)c(NC(=O)Nc2cc(C)c(N=Nc3ccc(C(=O)O)cc3)cc2OC)cc1C. The van der Waals surface area contributed by atoms with Crippen molar-refractivity contribution in [1.29, 1.82) is 0 Å². The number of benzene rings is 6. The van der Waals surface area contributed by atoms with Crippen molar-refractivity contribution < 1.29 is 67.8 Å². The van der Waals surface area contributed by atoms with E-state index in [0.29, 0.717) is 28.6 Å². The second-order valence-electron chi connectivity index (χ2n) is 14.6. The molecule has 0 unspecified atom stereocenters. The highest BCUT2D eigenvalue weighted by molar-refractivity contribution is 7.87. The fraction of sp³-hybridized carbons (Fsp3) is 0.163. The average Bonchev–Trinajstić information content (AvgIpc) is 3.28. The van der Waals surface area contributed by atoms with E-state index in [9.17, 15) is 48.5 Å². The molecule has 2 amide bonds. The molecule has 0 saturated heterocycles. The molecule has 0 bridgehead atoms. The summed E-state index contributed by atoms with van der Waals surface area (Å²) >= 11 is 0. The van der Waals surface area contributed by atoms with Gasteiger partial charge in [0, 0.05) is 23.6 Å². The van der Waals surface area contributed by atoms with E-state index in [1.165, 1.54) is 80.9 Å². The molecule has 360 valence electrons. The number of urea groups is 1. The van der Waals surface area contributed by atoms with Crippen LogP contribution in [0.5, 0.6) is 17.2 Å². The van der Waals surface area contributed by atoms with Gasteiger partial charge in [0.1, 0.15) is 27.8 Å². The van der Waals surface area contributed by atoms with Crippen LogP contribution < -0.4 is 24.8 Å². The van der Waals surface area contributed by atoms with Gasteiger partial charge in [0.15, 0.2) is 0 Å². The topological polar surface area (TPSA) is 343 Å². The molecule has 0 fully saturated rings. The third-order valence-corrected chi connectivity index (χ3v) is 12.2. The van der Waals surface area contributed by atoms with Crippen molar-refractivity contribution in [3.8, 4) is 17.2 Å². The molecule has 0 aliphatic carbocycles. The average molecular weight is 1010 g/mol. The van der Waals surface area contributed by atoms with Crippen LogP contribution in [-0.4, -0.2) is 82.6 Å². The Hall–Kier alpha value is -7.75. The standard InChI is InChI=1S/C43H40N8O15S3/c1-24-16-36(39(65-4)22-34(24)50-46-28-9-6-26(7-10-28)42(52)53)44-43(54)45-37-17-25(2)35(23-40(37)66-14-5-15-67(55,56)57)51-49-33-13-12-30(20-38(33)64-3)48-47-29-11-8-27-18-31(68(58,59)60)21-41(32(27)19-29)69(61,62)63/h6-13,16-23H,5,14-15H2,1-4H3,(H,52,53)(H2,44,45,54)(H,55,56,57)(H,58,59,60)(H,61,62,63). The number of carbonyl (C=O) groups is 2. The Bertz CT molecular complexity index is 3420. The fourth-order valence-corrected chi connectivity index (χ4v) is 8.11. The number of azo groups is 3. The van der Waals surface area contributed by atoms with E-state index in [0.717, 1.165) is 6.07 Å². The van der Waals surface area contributed by atoms with E-state index >= 15 is 0 Å². The Morgan fingerprint density at radius 2 is 1.12 bits per heavy atom. The third kappa shape index (κ3) is 13.5. The Kier molecular flexibility index (Phi) is 15.5. The van der Waals surface area contributed by atoms with Crippen LogP contribution in [0.4, 0.5) is 50.3 Å². The zero-order valence-electron chi connectivity index (χ0n) is 36.5. The Labute approximate surface area is 393 Å². The number of fused-ring (bicyclic) bond motifs is 1. The van der Waals surface area contributed by atoms with E-state index in [4.69, 9.17) is 19.3 Å². The first-order valence-electron chi connectivity index (χ1n) is 19.8. The smallest absolute Gasteiger partial charge is 0.335 e. The summed E-state index contributed by atoms with van der Waals surface area (Å²) in [6.07, 6.45) is -0.103. The van der Waals surface area contributed by atoms with Crippen LogP contribution in [0.3, 0.4) is 0 Å². The summed E-state index contributed by atoms with van der Waals surface area (Å²) in [6, 6.07) is 21.4. The fourth-order valence-electron chi connectivity index (χ4n) is 6.28. The number of carbonyl (C=O) groups excluding carboxylic acids is 1. The molecule has 0 radical (unpaired) electrons. The number of carboxylic acids is 1.